The summed E-state index contributed by atoms with van der Waals surface area (Å²) in [6, 6.07) is 0. The van der Waals surface area contributed by atoms with Gasteiger partial charge in [0.25, 0.3) is 0 Å². The first kappa shape index (κ1) is 11.4. The highest BCUT2D eigenvalue weighted by Crippen LogP contribution is 2.25. The van der Waals surface area contributed by atoms with E-state index in [-0.39, 0.29) is 0 Å². The molecule has 0 radical (unpaired) electrons. The Bertz CT molecular complexity index is 181. The summed E-state index contributed by atoms with van der Waals surface area (Å²) in [7, 11) is 0. The van der Waals surface area contributed by atoms with Gasteiger partial charge in [-0.2, -0.15) is 0 Å². The standard InChI is InChI=1S/C12H20O2/c1-2-3-6-9-14-10-12(13)11-7-4-5-8-11/h2,11H,1,3-10H2. The van der Waals surface area contributed by atoms with Crippen LogP contribution < -0.4 is 0 Å². The molecule has 0 bridgehead atoms. The third-order valence-corrected chi connectivity index (χ3v) is 2.75. The smallest absolute Gasteiger partial charge is 0.161 e. The van der Waals surface area contributed by atoms with Crippen molar-refractivity contribution in [1.29, 1.82) is 0 Å². The fourth-order valence-corrected chi connectivity index (χ4v) is 1.87. The third-order valence-electron chi connectivity index (χ3n) is 2.75. The molecule has 80 valence electrons. The molecule has 0 unspecified atom stereocenters. The molecule has 0 aromatic rings. The lowest BCUT2D eigenvalue weighted by Gasteiger charge is -2.07. The van der Waals surface area contributed by atoms with Gasteiger partial charge in [0.1, 0.15) is 6.61 Å². The van der Waals surface area contributed by atoms with Crippen molar-refractivity contribution in [1.82, 2.24) is 0 Å². The minimum absolute atomic E-state index is 0.300. The first-order chi connectivity index (χ1) is 6.84. The summed E-state index contributed by atoms with van der Waals surface area (Å²) in [5.41, 5.74) is 0. The molecule has 1 saturated carbocycles. The SMILES string of the molecule is C=CCCCOCC(=O)C1CCCC1. The summed E-state index contributed by atoms with van der Waals surface area (Å²) in [5.74, 6) is 0.607. The molecule has 0 saturated heterocycles. The number of hydrogen-bond acceptors (Lipinski definition) is 2. The minimum Gasteiger partial charge on any atom is -0.374 e. The predicted molar refractivity (Wildman–Crippen MR) is 57.2 cm³/mol. The highest BCUT2D eigenvalue weighted by Gasteiger charge is 2.22. The lowest BCUT2D eigenvalue weighted by Crippen LogP contribution is -2.17. The van der Waals surface area contributed by atoms with Crippen LogP contribution in [-0.4, -0.2) is 19.0 Å². The number of carbonyl (C=O) groups is 1. The summed E-state index contributed by atoms with van der Waals surface area (Å²) < 4.78 is 5.31. The largest absolute Gasteiger partial charge is 0.374 e. The van der Waals surface area contributed by atoms with Crippen molar-refractivity contribution in [2.45, 2.75) is 38.5 Å². The van der Waals surface area contributed by atoms with Gasteiger partial charge < -0.3 is 4.74 Å². The molecule has 1 fully saturated rings. The van der Waals surface area contributed by atoms with E-state index in [1.165, 1.54) is 12.8 Å². The molecule has 1 rings (SSSR count). The number of hydrogen-bond donors (Lipinski definition) is 0. The first-order valence-corrected chi connectivity index (χ1v) is 5.56. The molecule has 0 aromatic carbocycles. The predicted octanol–water partition coefficient (Wildman–Crippen LogP) is 2.73. The second-order valence-electron chi connectivity index (χ2n) is 3.93. The van der Waals surface area contributed by atoms with Crippen molar-refractivity contribution in [3.05, 3.63) is 12.7 Å². The summed E-state index contributed by atoms with van der Waals surface area (Å²) in [6.07, 6.45) is 8.41. The lowest BCUT2D eigenvalue weighted by molar-refractivity contribution is -0.127. The molecule has 0 aromatic heterocycles. The van der Waals surface area contributed by atoms with Gasteiger partial charge in [-0.25, -0.2) is 0 Å². The van der Waals surface area contributed by atoms with Gasteiger partial charge in [-0.1, -0.05) is 18.9 Å². The Kier molecular flexibility index (Phi) is 5.53. The normalized spacial score (nSPS) is 17.1. The number of rotatable bonds is 7. The van der Waals surface area contributed by atoms with Gasteiger partial charge >= 0.3 is 0 Å². The van der Waals surface area contributed by atoms with Crippen LogP contribution in [0, 0.1) is 5.92 Å². The Labute approximate surface area is 86.3 Å². The van der Waals surface area contributed by atoms with Crippen LogP contribution in [0.4, 0.5) is 0 Å². The molecule has 0 aliphatic heterocycles. The van der Waals surface area contributed by atoms with Crippen molar-refractivity contribution >= 4 is 5.78 Å². The number of ketones is 1. The summed E-state index contributed by atoms with van der Waals surface area (Å²) >= 11 is 0. The van der Waals surface area contributed by atoms with Crippen molar-refractivity contribution in [2.75, 3.05) is 13.2 Å². The van der Waals surface area contributed by atoms with Crippen LogP contribution in [0.3, 0.4) is 0 Å². The first-order valence-electron chi connectivity index (χ1n) is 5.56. The number of Topliss-reactive ketones (excluding diaryl/α,β-unsaturated/α-hetero) is 1. The molecular weight excluding hydrogens is 176 g/mol. The molecule has 2 heteroatoms. The number of unbranched alkanes of at least 4 members (excludes halogenated alkanes) is 1. The van der Waals surface area contributed by atoms with Crippen molar-refractivity contribution in [3.8, 4) is 0 Å². The number of allylic oxidation sites excluding steroid dienone is 1. The van der Waals surface area contributed by atoms with Crippen LogP contribution in [-0.2, 0) is 9.53 Å². The average Bonchev–Trinajstić information content (AvgIpc) is 2.70. The maximum absolute atomic E-state index is 11.5. The fourth-order valence-electron chi connectivity index (χ4n) is 1.87. The molecule has 1 aliphatic rings. The van der Waals surface area contributed by atoms with Gasteiger partial charge in [-0.15, -0.1) is 6.58 Å². The van der Waals surface area contributed by atoms with E-state index in [0.717, 1.165) is 25.7 Å². The molecule has 14 heavy (non-hydrogen) atoms. The Morgan fingerprint density at radius 1 is 1.43 bits per heavy atom. The molecule has 0 N–H and O–H groups in total. The Morgan fingerprint density at radius 3 is 2.79 bits per heavy atom. The van der Waals surface area contributed by atoms with Crippen LogP contribution in [0.25, 0.3) is 0 Å². The van der Waals surface area contributed by atoms with Gasteiger partial charge in [0, 0.05) is 12.5 Å². The average molecular weight is 196 g/mol. The van der Waals surface area contributed by atoms with E-state index in [2.05, 4.69) is 6.58 Å². The molecule has 0 amide bonds. The second-order valence-corrected chi connectivity index (χ2v) is 3.93. The van der Waals surface area contributed by atoms with Gasteiger partial charge in [-0.3, -0.25) is 4.79 Å². The highest BCUT2D eigenvalue weighted by molar-refractivity contribution is 5.82. The quantitative estimate of drug-likeness (QED) is 0.462. The van der Waals surface area contributed by atoms with Crippen LogP contribution in [0.5, 0.6) is 0 Å². The molecular formula is C12H20O2. The Hall–Kier alpha value is -0.630. The highest BCUT2D eigenvalue weighted by atomic mass is 16.5. The third kappa shape index (κ3) is 4.05. The van der Waals surface area contributed by atoms with E-state index in [1.54, 1.807) is 0 Å². The van der Waals surface area contributed by atoms with Gasteiger partial charge in [0.15, 0.2) is 5.78 Å². The zero-order valence-electron chi connectivity index (χ0n) is 8.84. The summed E-state index contributed by atoms with van der Waals surface area (Å²) in [4.78, 5) is 11.5. The zero-order chi connectivity index (χ0) is 10.2. The number of ether oxygens (including phenoxy) is 1. The monoisotopic (exact) mass is 196 g/mol. The Balaban J connectivity index is 2.00. The van der Waals surface area contributed by atoms with E-state index in [1.807, 2.05) is 6.08 Å². The Morgan fingerprint density at radius 2 is 2.14 bits per heavy atom. The summed E-state index contributed by atoms with van der Waals surface area (Å²) in [6.45, 7) is 4.64. The molecule has 1 aliphatic carbocycles. The van der Waals surface area contributed by atoms with Crippen molar-refractivity contribution in [3.63, 3.8) is 0 Å². The van der Waals surface area contributed by atoms with E-state index >= 15 is 0 Å². The van der Waals surface area contributed by atoms with Crippen LogP contribution in [0.2, 0.25) is 0 Å². The van der Waals surface area contributed by atoms with Crippen LogP contribution in [0.1, 0.15) is 38.5 Å². The molecule has 0 heterocycles. The topological polar surface area (TPSA) is 26.3 Å². The van der Waals surface area contributed by atoms with Crippen LogP contribution >= 0.6 is 0 Å². The van der Waals surface area contributed by atoms with E-state index < -0.39 is 0 Å². The van der Waals surface area contributed by atoms with Crippen LogP contribution in [0.15, 0.2) is 12.7 Å². The molecule has 0 spiro atoms. The van der Waals surface area contributed by atoms with E-state index in [9.17, 15) is 4.79 Å². The van der Waals surface area contributed by atoms with E-state index in [0.29, 0.717) is 24.9 Å². The van der Waals surface area contributed by atoms with E-state index in [4.69, 9.17) is 4.74 Å². The van der Waals surface area contributed by atoms with Crippen molar-refractivity contribution < 1.29 is 9.53 Å². The lowest BCUT2D eigenvalue weighted by atomic mass is 10.0. The molecule has 0 atom stereocenters. The summed E-state index contributed by atoms with van der Waals surface area (Å²) in [5, 5.41) is 0. The maximum atomic E-state index is 11.5. The van der Waals surface area contributed by atoms with Gasteiger partial charge in [0.2, 0.25) is 0 Å². The fraction of sp³-hybridized carbons (Fsp3) is 0.750. The second kappa shape index (κ2) is 6.77. The minimum atomic E-state index is 0.300. The molecule has 2 nitrogen and oxygen atoms in total. The maximum Gasteiger partial charge on any atom is 0.161 e. The zero-order valence-corrected chi connectivity index (χ0v) is 8.84. The van der Waals surface area contributed by atoms with Gasteiger partial charge in [-0.05, 0) is 25.7 Å². The number of carbonyl (C=O) groups excluding carboxylic acids is 1. The van der Waals surface area contributed by atoms with Gasteiger partial charge in [0.05, 0.1) is 0 Å². The van der Waals surface area contributed by atoms with Crippen molar-refractivity contribution in [2.24, 2.45) is 5.92 Å².